The van der Waals surface area contributed by atoms with Crippen molar-refractivity contribution in [1.29, 1.82) is 0 Å². The van der Waals surface area contributed by atoms with Crippen LogP contribution in [-0.2, 0) is 14.3 Å². The molecule has 6 nitrogen and oxygen atoms in total. The van der Waals surface area contributed by atoms with Gasteiger partial charge < -0.3 is 15.4 Å². The molecule has 0 bridgehead atoms. The van der Waals surface area contributed by atoms with E-state index < -0.39 is 0 Å². The second-order valence-corrected chi connectivity index (χ2v) is 6.36. The molecule has 6 heteroatoms. The van der Waals surface area contributed by atoms with Crippen molar-refractivity contribution >= 4 is 17.8 Å². The number of hydrogen-bond donors (Lipinski definition) is 2. The van der Waals surface area contributed by atoms with Gasteiger partial charge in [0.25, 0.3) is 5.91 Å². The average Bonchev–Trinajstić information content (AvgIpc) is 2.75. The van der Waals surface area contributed by atoms with Gasteiger partial charge >= 0.3 is 5.97 Å². The summed E-state index contributed by atoms with van der Waals surface area (Å²) >= 11 is 0. The number of rotatable bonds is 10. The third-order valence-electron chi connectivity index (χ3n) is 4.27. The summed E-state index contributed by atoms with van der Waals surface area (Å²) in [6, 6.07) is 17.2. The number of esters is 1. The van der Waals surface area contributed by atoms with Gasteiger partial charge in [-0.05, 0) is 36.1 Å². The summed E-state index contributed by atoms with van der Waals surface area (Å²) in [4.78, 5) is 35.0. The van der Waals surface area contributed by atoms with Crippen LogP contribution < -0.4 is 10.6 Å². The zero-order chi connectivity index (χ0) is 20.2. The van der Waals surface area contributed by atoms with Crippen LogP contribution in [0.3, 0.4) is 0 Å². The van der Waals surface area contributed by atoms with Gasteiger partial charge in [0.15, 0.2) is 0 Å². The summed E-state index contributed by atoms with van der Waals surface area (Å²) in [6.45, 7) is 0.447. The molecule has 0 aliphatic rings. The number of hydrogen-bond acceptors (Lipinski definition) is 4. The van der Waals surface area contributed by atoms with E-state index in [4.69, 9.17) is 0 Å². The monoisotopic (exact) mass is 382 g/mol. The predicted molar refractivity (Wildman–Crippen MR) is 108 cm³/mol. The first-order chi connectivity index (χ1) is 13.6. The van der Waals surface area contributed by atoms with E-state index in [1.807, 2.05) is 42.5 Å². The van der Waals surface area contributed by atoms with Crippen LogP contribution in [0.25, 0.3) is 11.1 Å². The lowest BCUT2D eigenvalue weighted by Gasteiger charge is -2.08. The fourth-order valence-electron chi connectivity index (χ4n) is 2.67. The molecule has 0 saturated carbocycles. The number of ether oxygens (including phenoxy) is 1. The van der Waals surface area contributed by atoms with Crippen molar-refractivity contribution < 1.29 is 19.1 Å². The Kier molecular flexibility index (Phi) is 8.72. The Morgan fingerprint density at radius 3 is 2.18 bits per heavy atom. The minimum Gasteiger partial charge on any atom is -0.469 e. The predicted octanol–water partition coefficient (Wildman–Crippen LogP) is 2.93. The third kappa shape index (κ3) is 7.23. The summed E-state index contributed by atoms with van der Waals surface area (Å²) in [7, 11) is 1.37. The van der Waals surface area contributed by atoms with E-state index in [0.29, 0.717) is 18.5 Å². The van der Waals surface area contributed by atoms with Crippen LogP contribution in [0.5, 0.6) is 0 Å². The Hall–Kier alpha value is -3.15. The van der Waals surface area contributed by atoms with Crippen LogP contribution in [0.2, 0.25) is 0 Å². The molecule has 28 heavy (non-hydrogen) atoms. The molecule has 0 aromatic heterocycles. The van der Waals surface area contributed by atoms with E-state index >= 15 is 0 Å². The molecule has 2 amide bonds. The van der Waals surface area contributed by atoms with Crippen molar-refractivity contribution in [2.75, 3.05) is 20.2 Å². The van der Waals surface area contributed by atoms with Gasteiger partial charge in [0.2, 0.25) is 5.91 Å². The van der Waals surface area contributed by atoms with Gasteiger partial charge in [0.1, 0.15) is 0 Å². The lowest BCUT2D eigenvalue weighted by atomic mass is 10.0. The minimum atomic E-state index is -0.284. The fourth-order valence-corrected chi connectivity index (χ4v) is 2.67. The quantitative estimate of drug-likeness (QED) is 0.489. The maximum atomic E-state index is 12.2. The maximum absolute atomic E-state index is 12.2. The van der Waals surface area contributed by atoms with E-state index in [-0.39, 0.29) is 24.3 Å². The summed E-state index contributed by atoms with van der Waals surface area (Å²) in [5.41, 5.74) is 2.62. The number of methoxy groups -OCH3 is 1. The molecule has 2 aromatic rings. The number of amides is 2. The van der Waals surface area contributed by atoms with Gasteiger partial charge in [-0.2, -0.15) is 0 Å². The Labute approximate surface area is 165 Å². The second kappa shape index (κ2) is 11.5. The molecule has 0 aliphatic heterocycles. The maximum Gasteiger partial charge on any atom is 0.305 e. The Bertz CT molecular complexity index is 773. The van der Waals surface area contributed by atoms with Crippen LogP contribution in [-0.4, -0.2) is 38.0 Å². The molecule has 0 radical (unpaired) electrons. The molecular formula is C22H26N2O4. The first-order valence-electron chi connectivity index (χ1n) is 9.37. The summed E-state index contributed by atoms with van der Waals surface area (Å²) < 4.78 is 4.57. The smallest absolute Gasteiger partial charge is 0.305 e. The van der Waals surface area contributed by atoms with Crippen molar-refractivity contribution in [2.45, 2.75) is 25.7 Å². The van der Waals surface area contributed by atoms with E-state index in [1.165, 1.54) is 7.11 Å². The molecule has 0 aliphatic carbocycles. The average molecular weight is 382 g/mol. The number of carbonyl (C=O) groups is 3. The SMILES string of the molecule is COC(=O)CCCCCNC(=O)CNC(=O)c1ccc(-c2ccccc2)cc1. The standard InChI is InChI=1S/C22H26N2O4/c1-28-21(26)10-6-3-7-15-23-20(25)16-24-22(27)19-13-11-18(12-14-19)17-8-4-2-5-9-17/h2,4-5,8-9,11-14H,3,6-7,10,15-16H2,1H3,(H,23,25)(H,24,27). The van der Waals surface area contributed by atoms with Crippen molar-refractivity contribution in [2.24, 2.45) is 0 Å². The zero-order valence-electron chi connectivity index (χ0n) is 16.1. The molecule has 2 N–H and O–H groups in total. The van der Waals surface area contributed by atoms with E-state index in [1.54, 1.807) is 12.1 Å². The number of benzene rings is 2. The highest BCUT2D eigenvalue weighted by Gasteiger charge is 2.08. The normalized spacial score (nSPS) is 10.2. The number of carbonyl (C=O) groups excluding carboxylic acids is 3. The van der Waals surface area contributed by atoms with Gasteiger partial charge in [0.05, 0.1) is 13.7 Å². The van der Waals surface area contributed by atoms with Crippen LogP contribution in [0.15, 0.2) is 54.6 Å². The van der Waals surface area contributed by atoms with Gasteiger partial charge in [-0.3, -0.25) is 14.4 Å². The minimum absolute atomic E-state index is 0.0680. The van der Waals surface area contributed by atoms with Crippen LogP contribution in [0.1, 0.15) is 36.0 Å². The number of unbranched alkanes of at least 4 members (excludes halogenated alkanes) is 2. The second-order valence-electron chi connectivity index (χ2n) is 6.36. The molecule has 148 valence electrons. The molecule has 2 aromatic carbocycles. The fraction of sp³-hybridized carbons (Fsp3) is 0.318. The third-order valence-corrected chi connectivity index (χ3v) is 4.27. The van der Waals surface area contributed by atoms with Crippen molar-refractivity contribution in [1.82, 2.24) is 10.6 Å². The van der Waals surface area contributed by atoms with Crippen molar-refractivity contribution in [3.63, 3.8) is 0 Å². The largest absolute Gasteiger partial charge is 0.469 e. The lowest BCUT2D eigenvalue weighted by Crippen LogP contribution is -2.37. The van der Waals surface area contributed by atoms with Crippen LogP contribution >= 0.6 is 0 Å². The molecule has 2 rings (SSSR count). The molecular weight excluding hydrogens is 356 g/mol. The van der Waals surface area contributed by atoms with Crippen molar-refractivity contribution in [3.8, 4) is 11.1 Å². The van der Waals surface area contributed by atoms with Gasteiger partial charge in [-0.15, -0.1) is 0 Å². The Balaban J connectivity index is 1.66. The molecule has 0 unspecified atom stereocenters. The van der Waals surface area contributed by atoms with Gasteiger partial charge in [-0.1, -0.05) is 48.9 Å². The molecule has 0 atom stereocenters. The number of nitrogens with one attached hydrogen (secondary N) is 2. The van der Waals surface area contributed by atoms with E-state index in [2.05, 4.69) is 15.4 Å². The summed E-state index contributed by atoms with van der Waals surface area (Å²) in [5, 5.41) is 5.37. The molecule has 0 spiro atoms. The van der Waals surface area contributed by atoms with E-state index in [9.17, 15) is 14.4 Å². The molecule has 0 heterocycles. The highest BCUT2D eigenvalue weighted by molar-refractivity contribution is 5.96. The molecule has 0 fully saturated rings. The topological polar surface area (TPSA) is 84.5 Å². The molecule has 0 saturated heterocycles. The van der Waals surface area contributed by atoms with Gasteiger partial charge in [0, 0.05) is 18.5 Å². The van der Waals surface area contributed by atoms with Crippen LogP contribution in [0.4, 0.5) is 0 Å². The first kappa shape index (κ1) is 21.2. The van der Waals surface area contributed by atoms with E-state index in [0.717, 1.165) is 30.4 Å². The summed E-state index contributed by atoms with van der Waals surface area (Å²) in [5.74, 6) is -0.737. The van der Waals surface area contributed by atoms with Gasteiger partial charge in [-0.25, -0.2) is 0 Å². The summed E-state index contributed by atoms with van der Waals surface area (Å²) in [6.07, 6.45) is 2.73. The Morgan fingerprint density at radius 2 is 1.50 bits per heavy atom. The zero-order valence-corrected chi connectivity index (χ0v) is 16.1. The highest BCUT2D eigenvalue weighted by Crippen LogP contribution is 2.19. The lowest BCUT2D eigenvalue weighted by molar-refractivity contribution is -0.140. The highest BCUT2D eigenvalue weighted by atomic mass is 16.5. The Morgan fingerprint density at radius 1 is 0.821 bits per heavy atom. The first-order valence-corrected chi connectivity index (χ1v) is 9.37. The van der Waals surface area contributed by atoms with Crippen LogP contribution in [0, 0.1) is 0 Å². The van der Waals surface area contributed by atoms with Crippen molar-refractivity contribution in [3.05, 3.63) is 60.2 Å².